The molecule has 0 unspecified atom stereocenters. The maximum atomic E-state index is 14.2. The van der Waals surface area contributed by atoms with Crippen molar-refractivity contribution >= 4 is 21.8 Å². The molecule has 0 spiro atoms. The Kier molecular flexibility index (Phi) is 5.64. The van der Waals surface area contributed by atoms with E-state index in [0.717, 1.165) is 22.3 Å². The maximum Gasteiger partial charge on any atom is 0.410 e. The molecule has 2 aliphatic heterocycles. The lowest BCUT2D eigenvalue weighted by atomic mass is 9.61. The molecule has 1 aliphatic carbocycles. The molecule has 3 aromatic rings. The van der Waals surface area contributed by atoms with E-state index in [2.05, 4.69) is 6.58 Å². The first kappa shape index (κ1) is 23.8. The van der Waals surface area contributed by atoms with E-state index in [1.54, 1.807) is 21.3 Å². The van der Waals surface area contributed by atoms with E-state index < -0.39 is 27.6 Å². The zero-order valence-corrected chi connectivity index (χ0v) is 21.7. The number of para-hydroxylation sites is 1. The van der Waals surface area contributed by atoms with Gasteiger partial charge in [0.15, 0.2) is 0 Å². The van der Waals surface area contributed by atoms with Crippen molar-refractivity contribution in [3.63, 3.8) is 0 Å². The Morgan fingerprint density at radius 2 is 1.73 bits per heavy atom. The van der Waals surface area contributed by atoms with Crippen LogP contribution >= 0.6 is 0 Å². The summed E-state index contributed by atoms with van der Waals surface area (Å²) in [6.45, 7) is 6.94. The molecule has 1 amide bonds. The Labute approximate surface area is 218 Å². The average Bonchev–Trinajstić information content (AvgIpc) is 3.20. The summed E-state index contributed by atoms with van der Waals surface area (Å²) in [7, 11) is -3.88. The quantitative estimate of drug-likeness (QED) is 0.427. The van der Waals surface area contributed by atoms with Gasteiger partial charge in [-0.3, -0.25) is 4.31 Å². The SMILES string of the molecule is C=C1C[C@H]2[C@H]3N(S(=O)(=O)c4ccc(C)cc4)c4ccccc4[C@@]3(CCN2C(=O)OCc2ccccc2)C1. The first-order valence-corrected chi connectivity index (χ1v) is 14.1. The van der Waals surface area contributed by atoms with Crippen LogP contribution in [0.3, 0.4) is 0 Å². The van der Waals surface area contributed by atoms with Crippen molar-refractivity contribution < 1.29 is 17.9 Å². The van der Waals surface area contributed by atoms with E-state index >= 15 is 0 Å². The van der Waals surface area contributed by atoms with Crippen LogP contribution < -0.4 is 4.31 Å². The average molecular weight is 515 g/mol. The molecule has 3 atom stereocenters. The fraction of sp³-hybridized carbons (Fsp3) is 0.300. The summed E-state index contributed by atoms with van der Waals surface area (Å²) in [6, 6.07) is 23.5. The molecule has 2 bridgehead atoms. The minimum absolute atomic E-state index is 0.172. The van der Waals surface area contributed by atoms with Gasteiger partial charge < -0.3 is 9.64 Å². The number of amides is 1. The second-order valence-corrected chi connectivity index (χ2v) is 12.2. The number of fused-ring (bicyclic) bond motifs is 1. The van der Waals surface area contributed by atoms with Gasteiger partial charge in [0.05, 0.1) is 22.7 Å². The summed E-state index contributed by atoms with van der Waals surface area (Å²) >= 11 is 0. The maximum absolute atomic E-state index is 14.2. The number of hydrogen-bond acceptors (Lipinski definition) is 4. The first-order chi connectivity index (χ1) is 17.8. The zero-order valence-electron chi connectivity index (χ0n) is 20.8. The van der Waals surface area contributed by atoms with Crippen LogP contribution in [0.5, 0.6) is 0 Å². The van der Waals surface area contributed by atoms with E-state index in [1.807, 2.05) is 73.7 Å². The lowest BCUT2D eigenvalue weighted by Gasteiger charge is -2.54. The summed E-state index contributed by atoms with van der Waals surface area (Å²) in [5, 5.41) is 0. The van der Waals surface area contributed by atoms with Crippen LogP contribution in [0, 0.1) is 6.92 Å². The largest absolute Gasteiger partial charge is 0.445 e. The number of benzene rings is 3. The van der Waals surface area contributed by atoms with E-state index in [4.69, 9.17) is 4.74 Å². The zero-order chi connectivity index (χ0) is 25.8. The van der Waals surface area contributed by atoms with Gasteiger partial charge in [0.25, 0.3) is 10.0 Å². The number of carbonyl (C=O) groups is 1. The number of anilines is 1. The number of sulfonamides is 1. The summed E-state index contributed by atoms with van der Waals surface area (Å²) in [5.41, 5.74) is 4.24. The molecule has 7 heteroatoms. The van der Waals surface area contributed by atoms with Crippen LogP contribution in [0.15, 0.2) is 95.9 Å². The molecule has 190 valence electrons. The van der Waals surface area contributed by atoms with E-state index in [9.17, 15) is 13.2 Å². The molecule has 3 aromatic carbocycles. The number of ether oxygens (including phenoxy) is 1. The number of piperidine rings is 1. The monoisotopic (exact) mass is 514 g/mol. The Morgan fingerprint density at radius 1 is 1.03 bits per heavy atom. The van der Waals surface area contributed by atoms with Gasteiger partial charge >= 0.3 is 6.09 Å². The highest BCUT2D eigenvalue weighted by molar-refractivity contribution is 7.93. The molecule has 6 nitrogen and oxygen atoms in total. The number of rotatable bonds is 4. The van der Waals surface area contributed by atoms with Gasteiger partial charge in [0.2, 0.25) is 0 Å². The third kappa shape index (κ3) is 3.75. The van der Waals surface area contributed by atoms with Crippen molar-refractivity contribution in [2.24, 2.45) is 0 Å². The van der Waals surface area contributed by atoms with Crippen LogP contribution in [0.1, 0.15) is 36.0 Å². The Morgan fingerprint density at radius 3 is 2.49 bits per heavy atom. The number of aryl methyl sites for hydroxylation is 1. The van der Waals surface area contributed by atoms with Crippen LogP contribution in [0.25, 0.3) is 0 Å². The molecule has 0 N–H and O–H groups in total. The first-order valence-electron chi connectivity index (χ1n) is 12.7. The van der Waals surface area contributed by atoms with Crippen LogP contribution in [0.4, 0.5) is 10.5 Å². The second kappa shape index (κ2) is 8.77. The van der Waals surface area contributed by atoms with Crippen molar-refractivity contribution in [2.45, 2.75) is 55.2 Å². The molecule has 37 heavy (non-hydrogen) atoms. The fourth-order valence-electron chi connectivity index (χ4n) is 6.54. The fourth-order valence-corrected chi connectivity index (χ4v) is 8.31. The minimum atomic E-state index is -3.88. The van der Waals surface area contributed by atoms with Crippen molar-refractivity contribution in [3.8, 4) is 0 Å². The molecule has 1 saturated carbocycles. The molecule has 1 saturated heterocycles. The van der Waals surface area contributed by atoms with Gasteiger partial charge in [0.1, 0.15) is 6.61 Å². The van der Waals surface area contributed by atoms with Gasteiger partial charge in [-0.2, -0.15) is 0 Å². The Bertz CT molecular complexity index is 1470. The van der Waals surface area contributed by atoms with E-state index in [1.165, 1.54) is 0 Å². The van der Waals surface area contributed by atoms with Crippen LogP contribution in [-0.2, 0) is 26.8 Å². The lowest BCUT2D eigenvalue weighted by molar-refractivity contribution is 0.0332. The minimum Gasteiger partial charge on any atom is -0.445 e. The number of nitrogens with zero attached hydrogens (tertiary/aromatic N) is 2. The standard InChI is InChI=1S/C30H30N2O4S/c1-21-12-14-24(15-13-21)37(34,35)32-26-11-7-6-10-25(26)30-16-17-31(27(28(30)32)18-22(2)19-30)29(33)36-20-23-8-4-3-5-9-23/h3-15,27-28H,2,16-20H2,1H3/t27-,28+,30+/m0/s1. The summed E-state index contributed by atoms with van der Waals surface area (Å²) < 4.78 is 35.8. The summed E-state index contributed by atoms with van der Waals surface area (Å²) in [5.74, 6) is 0. The van der Waals surface area contributed by atoms with Gasteiger partial charge in [0, 0.05) is 12.0 Å². The van der Waals surface area contributed by atoms with Crippen molar-refractivity contribution in [2.75, 3.05) is 10.8 Å². The highest BCUT2D eigenvalue weighted by Crippen LogP contribution is 2.59. The summed E-state index contributed by atoms with van der Waals surface area (Å²) in [6.07, 6.45) is 1.48. The van der Waals surface area contributed by atoms with Gasteiger partial charge in [-0.1, -0.05) is 78.4 Å². The van der Waals surface area contributed by atoms with Crippen LogP contribution in [-0.4, -0.2) is 38.0 Å². The molecule has 2 heterocycles. The molecule has 6 rings (SSSR count). The number of carbonyl (C=O) groups excluding carboxylic acids is 1. The van der Waals surface area contributed by atoms with Gasteiger partial charge in [-0.15, -0.1) is 0 Å². The van der Waals surface area contributed by atoms with Crippen molar-refractivity contribution in [3.05, 3.63) is 108 Å². The molecule has 2 fully saturated rings. The highest BCUT2D eigenvalue weighted by atomic mass is 32.2. The molecular formula is C30H30N2O4S. The molecule has 0 aromatic heterocycles. The normalized spacial score (nSPS) is 24.4. The summed E-state index contributed by atoms with van der Waals surface area (Å²) in [4.78, 5) is 15.4. The van der Waals surface area contributed by atoms with Crippen molar-refractivity contribution in [1.29, 1.82) is 0 Å². The predicted octanol–water partition coefficient (Wildman–Crippen LogP) is 5.57. The Balaban J connectivity index is 1.41. The Hall–Kier alpha value is -3.58. The number of hydrogen-bond donors (Lipinski definition) is 0. The molecule has 0 radical (unpaired) electrons. The van der Waals surface area contributed by atoms with Crippen LogP contribution in [0.2, 0.25) is 0 Å². The predicted molar refractivity (Wildman–Crippen MR) is 143 cm³/mol. The smallest absolute Gasteiger partial charge is 0.410 e. The number of likely N-dealkylation sites (tertiary alicyclic amines) is 1. The topological polar surface area (TPSA) is 66.9 Å². The van der Waals surface area contributed by atoms with E-state index in [0.29, 0.717) is 31.5 Å². The third-order valence-corrected chi connectivity index (χ3v) is 9.95. The van der Waals surface area contributed by atoms with Gasteiger partial charge in [-0.25, -0.2) is 13.2 Å². The third-order valence-electron chi connectivity index (χ3n) is 8.14. The van der Waals surface area contributed by atoms with Crippen molar-refractivity contribution in [1.82, 2.24) is 4.90 Å². The molecular weight excluding hydrogens is 484 g/mol. The van der Waals surface area contributed by atoms with Gasteiger partial charge in [-0.05, 0) is 55.5 Å². The molecule has 3 aliphatic rings. The second-order valence-electron chi connectivity index (χ2n) is 10.4. The highest BCUT2D eigenvalue weighted by Gasteiger charge is 2.63. The lowest BCUT2D eigenvalue weighted by Crippen LogP contribution is -2.67. The van der Waals surface area contributed by atoms with E-state index in [-0.39, 0.29) is 17.5 Å².